The maximum atomic E-state index is 5.41. The molecule has 4 nitrogen and oxygen atoms in total. The molecule has 1 aromatic heterocycles. The van der Waals surface area contributed by atoms with Gasteiger partial charge in [0.15, 0.2) is 0 Å². The Hall–Kier alpha value is -1.75. The molecule has 0 aliphatic heterocycles. The standard InChI is InChI=1S/C14H16BrN3O/c1-4-7-16-14-17-10(2)9-18(14)12-8-11(15)5-6-13(12)19-3/h4-6,8-9H,1,7H2,2-3H3,(H,16,17). The topological polar surface area (TPSA) is 39.1 Å². The molecule has 5 heteroatoms. The Morgan fingerprint density at radius 3 is 3.00 bits per heavy atom. The monoisotopic (exact) mass is 321 g/mol. The molecular formula is C14H16BrN3O. The first-order chi connectivity index (χ1) is 9.15. The summed E-state index contributed by atoms with van der Waals surface area (Å²) in [7, 11) is 1.66. The number of nitrogens with zero attached hydrogens (tertiary/aromatic N) is 2. The third-order valence-corrected chi connectivity index (χ3v) is 3.12. The third-order valence-electron chi connectivity index (χ3n) is 2.63. The Morgan fingerprint density at radius 1 is 1.53 bits per heavy atom. The van der Waals surface area contributed by atoms with Crippen molar-refractivity contribution in [2.45, 2.75) is 6.92 Å². The second-order valence-electron chi connectivity index (χ2n) is 4.06. The minimum absolute atomic E-state index is 0.659. The van der Waals surface area contributed by atoms with Gasteiger partial charge >= 0.3 is 0 Å². The maximum Gasteiger partial charge on any atom is 0.208 e. The van der Waals surface area contributed by atoms with Gasteiger partial charge in [0.1, 0.15) is 5.75 Å². The Balaban J connectivity index is 2.51. The zero-order valence-electron chi connectivity index (χ0n) is 11.0. The lowest BCUT2D eigenvalue weighted by molar-refractivity contribution is 0.413. The Labute approximate surface area is 121 Å². The molecule has 19 heavy (non-hydrogen) atoms. The van der Waals surface area contributed by atoms with Gasteiger partial charge in [-0.1, -0.05) is 22.0 Å². The van der Waals surface area contributed by atoms with Gasteiger partial charge < -0.3 is 10.1 Å². The summed E-state index contributed by atoms with van der Waals surface area (Å²) in [5.41, 5.74) is 1.87. The molecule has 0 saturated heterocycles. The molecule has 2 aromatic rings. The number of ether oxygens (including phenoxy) is 1. The van der Waals surface area contributed by atoms with E-state index in [0.29, 0.717) is 6.54 Å². The molecule has 0 amide bonds. The minimum atomic E-state index is 0.659. The van der Waals surface area contributed by atoms with Crippen LogP contribution in [0.5, 0.6) is 5.75 Å². The number of aromatic nitrogens is 2. The number of nitrogens with one attached hydrogen (secondary N) is 1. The van der Waals surface area contributed by atoms with Crippen molar-refractivity contribution in [2.75, 3.05) is 19.0 Å². The van der Waals surface area contributed by atoms with Crippen LogP contribution in [-0.2, 0) is 0 Å². The molecule has 1 heterocycles. The maximum absolute atomic E-state index is 5.41. The Morgan fingerprint density at radius 2 is 2.32 bits per heavy atom. The van der Waals surface area contributed by atoms with Crippen molar-refractivity contribution >= 4 is 21.9 Å². The smallest absolute Gasteiger partial charge is 0.208 e. The molecule has 2 rings (SSSR count). The highest BCUT2D eigenvalue weighted by Crippen LogP contribution is 2.29. The number of benzene rings is 1. The molecule has 0 fully saturated rings. The average Bonchev–Trinajstić information content (AvgIpc) is 2.77. The zero-order valence-corrected chi connectivity index (χ0v) is 12.6. The van der Waals surface area contributed by atoms with E-state index in [0.717, 1.165) is 27.6 Å². The lowest BCUT2D eigenvalue weighted by Gasteiger charge is -2.12. The minimum Gasteiger partial charge on any atom is -0.495 e. The van der Waals surface area contributed by atoms with Gasteiger partial charge in [-0.25, -0.2) is 4.98 Å². The van der Waals surface area contributed by atoms with Crippen LogP contribution in [0.15, 0.2) is 41.5 Å². The number of hydrogen-bond acceptors (Lipinski definition) is 3. The van der Waals surface area contributed by atoms with E-state index in [1.165, 1.54) is 0 Å². The van der Waals surface area contributed by atoms with Gasteiger partial charge in [0.05, 0.1) is 18.5 Å². The molecule has 1 aromatic carbocycles. The number of methoxy groups -OCH3 is 1. The highest BCUT2D eigenvalue weighted by molar-refractivity contribution is 9.10. The number of hydrogen-bond donors (Lipinski definition) is 1. The van der Waals surface area contributed by atoms with Crippen LogP contribution < -0.4 is 10.1 Å². The summed E-state index contributed by atoms with van der Waals surface area (Å²) < 4.78 is 8.37. The van der Waals surface area contributed by atoms with Crippen LogP contribution in [0.4, 0.5) is 5.95 Å². The Bertz CT molecular complexity index is 592. The molecule has 0 bridgehead atoms. The van der Waals surface area contributed by atoms with Crippen molar-refractivity contribution in [1.82, 2.24) is 9.55 Å². The van der Waals surface area contributed by atoms with Crippen molar-refractivity contribution in [3.63, 3.8) is 0 Å². The van der Waals surface area contributed by atoms with Crippen LogP contribution in [0, 0.1) is 6.92 Å². The lowest BCUT2D eigenvalue weighted by Crippen LogP contribution is -2.06. The van der Waals surface area contributed by atoms with E-state index in [2.05, 4.69) is 32.8 Å². The molecule has 0 atom stereocenters. The summed E-state index contributed by atoms with van der Waals surface area (Å²) in [4.78, 5) is 4.46. The van der Waals surface area contributed by atoms with Crippen molar-refractivity contribution in [2.24, 2.45) is 0 Å². The van der Waals surface area contributed by atoms with Gasteiger partial charge in [-0.2, -0.15) is 0 Å². The van der Waals surface area contributed by atoms with Crippen LogP contribution in [0.1, 0.15) is 5.69 Å². The molecule has 1 N–H and O–H groups in total. The van der Waals surface area contributed by atoms with Crippen molar-refractivity contribution in [1.29, 1.82) is 0 Å². The largest absolute Gasteiger partial charge is 0.495 e. The van der Waals surface area contributed by atoms with Gasteiger partial charge in [-0.15, -0.1) is 6.58 Å². The van der Waals surface area contributed by atoms with Crippen LogP contribution in [-0.4, -0.2) is 23.2 Å². The number of rotatable bonds is 5. The van der Waals surface area contributed by atoms with Crippen LogP contribution in [0.3, 0.4) is 0 Å². The van der Waals surface area contributed by atoms with Gasteiger partial charge in [0, 0.05) is 17.2 Å². The van der Waals surface area contributed by atoms with E-state index in [9.17, 15) is 0 Å². The summed E-state index contributed by atoms with van der Waals surface area (Å²) in [6.45, 7) is 6.32. The first kappa shape index (κ1) is 13.7. The molecule has 0 aliphatic carbocycles. The molecule has 0 unspecified atom stereocenters. The highest BCUT2D eigenvalue weighted by atomic mass is 79.9. The van der Waals surface area contributed by atoms with E-state index in [4.69, 9.17) is 4.74 Å². The summed E-state index contributed by atoms with van der Waals surface area (Å²) in [6, 6.07) is 5.87. The summed E-state index contributed by atoms with van der Waals surface area (Å²) >= 11 is 3.48. The van der Waals surface area contributed by atoms with E-state index in [-0.39, 0.29) is 0 Å². The second-order valence-corrected chi connectivity index (χ2v) is 4.98. The zero-order chi connectivity index (χ0) is 13.8. The third kappa shape index (κ3) is 2.98. The first-order valence-corrected chi connectivity index (χ1v) is 6.69. The average molecular weight is 322 g/mol. The van der Waals surface area contributed by atoms with E-state index < -0.39 is 0 Å². The van der Waals surface area contributed by atoms with Crippen LogP contribution in [0.2, 0.25) is 0 Å². The van der Waals surface area contributed by atoms with Crippen molar-refractivity contribution in [3.05, 3.63) is 47.2 Å². The van der Waals surface area contributed by atoms with Gasteiger partial charge in [-0.3, -0.25) is 4.57 Å². The summed E-state index contributed by atoms with van der Waals surface area (Å²) in [5.74, 6) is 1.57. The van der Waals surface area contributed by atoms with Gasteiger partial charge in [-0.05, 0) is 25.1 Å². The number of imidazole rings is 1. The molecule has 0 spiro atoms. The van der Waals surface area contributed by atoms with Gasteiger partial charge in [0.25, 0.3) is 0 Å². The molecule has 0 aliphatic rings. The summed E-state index contributed by atoms with van der Waals surface area (Å²) in [5, 5.41) is 3.22. The van der Waals surface area contributed by atoms with Crippen LogP contribution >= 0.6 is 15.9 Å². The number of aryl methyl sites for hydroxylation is 1. The van der Waals surface area contributed by atoms with Crippen molar-refractivity contribution in [3.8, 4) is 11.4 Å². The van der Waals surface area contributed by atoms with E-state index >= 15 is 0 Å². The number of halogens is 1. The van der Waals surface area contributed by atoms with Crippen molar-refractivity contribution < 1.29 is 4.74 Å². The fourth-order valence-electron chi connectivity index (χ4n) is 1.82. The summed E-state index contributed by atoms with van der Waals surface area (Å²) in [6.07, 6.45) is 3.77. The Kier molecular flexibility index (Phi) is 4.27. The van der Waals surface area contributed by atoms with E-state index in [1.807, 2.05) is 35.9 Å². The van der Waals surface area contributed by atoms with Crippen LogP contribution in [0.25, 0.3) is 5.69 Å². The fraction of sp³-hybridized carbons (Fsp3) is 0.214. The lowest BCUT2D eigenvalue weighted by atomic mass is 10.3. The highest BCUT2D eigenvalue weighted by Gasteiger charge is 2.11. The normalized spacial score (nSPS) is 10.3. The predicted octanol–water partition coefficient (Wildman–Crippen LogP) is 3.55. The van der Waals surface area contributed by atoms with E-state index in [1.54, 1.807) is 13.2 Å². The molecular weight excluding hydrogens is 306 g/mol. The predicted molar refractivity (Wildman–Crippen MR) is 81.2 cm³/mol. The fourth-order valence-corrected chi connectivity index (χ4v) is 2.17. The second kappa shape index (κ2) is 5.93. The number of anilines is 1. The quantitative estimate of drug-likeness (QED) is 0.856. The molecule has 100 valence electrons. The first-order valence-electron chi connectivity index (χ1n) is 5.90. The molecule has 0 saturated carbocycles. The SMILES string of the molecule is C=CCNc1nc(C)cn1-c1cc(Br)ccc1OC. The molecule has 0 radical (unpaired) electrons. The van der Waals surface area contributed by atoms with Gasteiger partial charge in [0.2, 0.25) is 5.95 Å².